The van der Waals surface area contributed by atoms with Gasteiger partial charge >= 0.3 is 0 Å². The maximum atomic E-state index is 11.1. The van der Waals surface area contributed by atoms with Crippen LogP contribution in [0.4, 0.5) is 23.0 Å². The average Bonchev–Trinajstić information content (AvgIpc) is 3.34. The third kappa shape index (κ3) is 4.80. The van der Waals surface area contributed by atoms with Crippen LogP contribution in [0.2, 0.25) is 0 Å². The van der Waals surface area contributed by atoms with Gasteiger partial charge in [-0.05, 0) is 37.4 Å². The SMILES string of the molecule is COc1cc(N2CCN(C)CC2)ccc1Nc1nc(Oc2cccc([N+](=O)[O-])c2)c2cccn2n1. The lowest BCUT2D eigenvalue weighted by atomic mass is 10.2. The highest BCUT2D eigenvalue weighted by Crippen LogP contribution is 2.33. The average molecular weight is 476 g/mol. The lowest BCUT2D eigenvalue weighted by Crippen LogP contribution is -2.44. The number of nitrogens with one attached hydrogen (secondary N) is 1. The van der Waals surface area contributed by atoms with Gasteiger partial charge in [0.25, 0.3) is 5.69 Å². The number of piperazine rings is 1. The molecule has 2 aromatic carbocycles. The second-order valence-corrected chi connectivity index (χ2v) is 8.23. The Balaban J connectivity index is 1.42. The number of methoxy groups -OCH3 is 1. The molecule has 0 aliphatic carbocycles. The molecule has 0 atom stereocenters. The number of hydrogen-bond donors (Lipinski definition) is 1. The van der Waals surface area contributed by atoms with Crippen LogP contribution in [0.1, 0.15) is 0 Å². The molecular weight excluding hydrogens is 450 g/mol. The molecule has 0 amide bonds. The van der Waals surface area contributed by atoms with Crippen molar-refractivity contribution in [1.82, 2.24) is 19.5 Å². The first-order chi connectivity index (χ1) is 17.0. The van der Waals surface area contributed by atoms with E-state index < -0.39 is 4.92 Å². The molecule has 1 fully saturated rings. The molecule has 1 saturated heterocycles. The van der Waals surface area contributed by atoms with E-state index in [-0.39, 0.29) is 11.6 Å². The molecule has 11 nitrogen and oxygen atoms in total. The molecule has 0 bridgehead atoms. The Hall–Kier alpha value is -4.38. The third-order valence-electron chi connectivity index (χ3n) is 5.90. The van der Waals surface area contributed by atoms with Gasteiger partial charge in [-0.3, -0.25) is 10.1 Å². The molecule has 1 N–H and O–H groups in total. The number of rotatable bonds is 7. The lowest BCUT2D eigenvalue weighted by molar-refractivity contribution is -0.384. The van der Waals surface area contributed by atoms with Crippen LogP contribution in [0.5, 0.6) is 17.4 Å². The third-order valence-corrected chi connectivity index (χ3v) is 5.90. The summed E-state index contributed by atoms with van der Waals surface area (Å²) >= 11 is 0. The van der Waals surface area contributed by atoms with Gasteiger partial charge in [0.2, 0.25) is 11.8 Å². The largest absolute Gasteiger partial charge is 0.494 e. The number of nitro benzene ring substituents is 1. The summed E-state index contributed by atoms with van der Waals surface area (Å²) in [5, 5.41) is 18.9. The van der Waals surface area contributed by atoms with Crippen molar-refractivity contribution in [1.29, 1.82) is 0 Å². The first-order valence-electron chi connectivity index (χ1n) is 11.2. The summed E-state index contributed by atoms with van der Waals surface area (Å²) in [6, 6.07) is 15.6. The number of non-ortho nitro benzene ring substituents is 1. The Morgan fingerprint density at radius 1 is 1.06 bits per heavy atom. The Labute approximate surface area is 201 Å². The molecule has 35 heavy (non-hydrogen) atoms. The van der Waals surface area contributed by atoms with Gasteiger partial charge in [-0.2, -0.15) is 4.98 Å². The fourth-order valence-corrected chi connectivity index (χ4v) is 3.97. The van der Waals surface area contributed by atoms with Crippen molar-refractivity contribution in [3.8, 4) is 17.4 Å². The Kier molecular flexibility index (Phi) is 6.06. The number of aromatic nitrogens is 3. The zero-order valence-electron chi connectivity index (χ0n) is 19.4. The van der Waals surface area contributed by atoms with Gasteiger partial charge in [-0.15, -0.1) is 5.10 Å². The van der Waals surface area contributed by atoms with Crippen LogP contribution in [0.15, 0.2) is 60.8 Å². The van der Waals surface area contributed by atoms with E-state index in [1.807, 2.05) is 30.3 Å². The molecule has 0 unspecified atom stereocenters. The van der Waals surface area contributed by atoms with Crippen molar-refractivity contribution in [2.24, 2.45) is 0 Å². The fourth-order valence-electron chi connectivity index (χ4n) is 3.97. The quantitative estimate of drug-likeness (QED) is 0.314. The maximum absolute atomic E-state index is 11.1. The zero-order chi connectivity index (χ0) is 24.4. The summed E-state index contributed by atoms with van der Waals surface area (Å²) in [5.41, 5.74) is 2.36. The van der Waals surface area contributed by atoms with Crippen LogP contribution in [0.25, 0.3) is 5.52 Å². The van der Waals surface area contributed by atoms with Crippen LogP contribution in [0.3, 0.4) is 0 Å². The monoisotopic (exact) mass is 475 g/mol. The molecule has 0 saturated carbocycles. The minimum Gasteiger partial charge on any atom is -0.494 e. The van der Waals surface area contributed by atoms with Crippen LogP contribution in [-0.2, 0) is 0 Å². The molecule has 180 valence electrons. The summed E-state index contributed by atoms with van der Waals surface area (Å²) in [4.78, 5) is 19.8. The second-order valence-electron chi connectivity index (χ2n) is 8.23. The van der Waals surface area contributed by atoms with Crippen molar-refractivity contribution >= 4 is 28.5 Å². The molecule has 0 radical (unpaired) electrons. The van der Waals surface area contributed by atoms with Crippen molar-refractivity contribution in [3.05, 3.63) is 70.9 Å². The molecule has 4 aromatic rings. The maximum Gasteiger partial charge on any atom is 0.273 e. The number of fused-ring (bicyclic) bond motifs is 1. The predicted octanol–water partition coefficient (Wildman–Crippen LogP) is 3.93. The standard InChI is InChI=1S/C24H25N7O4/c1-28-11-13-29(14-12-28)17-8-9-20(22(16-17)34-2)25-24-26-23(21-7-4-10-30(21)27-24)35-19-6-3-5-18(15-19)31(32)33/h3-10,15-16H,11-14H2,1-2H3,(H,25,27). The van der Waals surface area contributed by atoms with Gasteiger partial charge in [0.15, 0.2) is 0 Å². The molecule has 0 spiro atoms. The van der Waals surface area contributed by atoms with E-state index >= 15 is 0 Å². The molecular formula is C24H25N7O4. The van der Waals surface area contributed by atoms with Gasteiger partial charge in [-0.1, -0.05) is 6.07 Å². The number of hydrogen-bond acceptors (Lipinski definition) is 9. The van der Waals surface area contributed by atoms with E-state index in [0.717, 1.165) is 31.9 Å². The highest BCUT2D eigenvalue weighted by molar-refractivity contribution is 5.69. The van der Waals surface area contributed by atoms with Crippen molar-refractivity contribution in [2.45, 2.75) is 0 Å². The smallest absolute Gasteiger partial charge is 0.273 e. The van der Waals surface area contributed by atoms with Crippen molar-refractivity contribution in [3.63, 3.8) is 0 Å². The summed E-state index contributed by atoms with van der Waals surface area (Å²) in [6.45, 7) is 3.94. The number of likely N-dealkylation sites (N-methyl/N-ethyl adjacent to an activating group) is 1. The van der Waals surface area contributed by atoms with Crippen LogP contribution < -0.4 is 19.7 Å². The molecule has 11 heteroatoms. The molecule has 1 aliphatic rings. The Morgan fingerprint density at radius 3 is 2.66 bits per heavy atom. The number of nitro groups is 1. The first kappa shape index (κ1) is 22.4. The normalized spacial score (nSPS) is 14.2. The van der Waals surface area contributed by atoms with Crippen molar-refractivity contribution in [2.75, 3.05) is 50.6 Å². The Bertz CT molecular complexity index is 1370. The topological polar surface area (TPSA) is 110 Å². The minimum atomic E-state index is -0.467. The zero-order valence-corrected chi connectivity index (χ0v) is 19.4. The number of ether oxygens (including phenoxy) is 2. The van der Waals surface area contributed by atoms with Gasteiger partial charge < -0.3 is 24.6 Å². The lowest BCUT2D eigenvalue weighted by Gasteiger charge is -2.34. The Morgan fingerprint density at radius 2 is 1.89 bits per heavy atom. The van der Waals surface area contributed by atoms with E-state index in [4.69, 9.17) is 9.47 Å². The van der Waals surface area contributed by atoms with E-state index in [2.05, 4.69) is 32.2 Å². The van der Waals surface area contributed by atoms with E-state index in [9.17, 15) is 10.1 Å². The van der Waals surface area contributed by atoms with E-state index in [0.29, 0.717) is 28.7 Å². The molecule has 5 rings (SSSR count). The summed E-state index contributed by atoms with van der Waals surface area (Å²) in [6.07, 6.45) is 1.77. The molecule has 1 aliphatic heterocycles. The second kappa shape index (κ2) is 9.47. The first-order valence-corrected chi connectivity index (χ1v) is 11.2. The fraction of sp³-hybridized carbons (Fsp3) is 0.250. The van der Waals surface area contributed by atoms with Gasteiger partial charge in [0.05, 0.1) is 23.8 Å². The summed E-state index contributed by atoms with van der Waals surface area (Å²) in [5.74, 6) is 1.53. The molecule has 2 aromatic heterocycles. The van der Waals surface area contributed by atoms with Gasteiger partial charge in [-0.25, -0.2) is 4.52 Å². The minimum absolute atomic E-state index is 0.0634. The van der Waals surface area contributed by atoms with Gasteiger partial charge in [0, 0.05) is 50.2 Å². The van der Waals surface area contributed by atoms with Crippen LogP contribution in [-0.4, -0.2) is 64.8 Å². The number of anilines is 3. The van der Waals surface area contributed by atoms with Crippen molar-refractivity contribution < 1.29 is 14.4 Å². The number of benzene rings is 2. The highest BCUT2D eigenvalue weighted by Gasteiger charge is 2.17. The number of nitrogens with zero attached hydrogens (tertiary/aromatic N) is 6. The summed E-state index contributed by atoms with van der Waals surface area (Å²) in [7, 11) is 3.75. The van der Waals surface area contributed by atoms with Crippen LogP contribution >= 0.6 is 0 Å². The molecule has 3 heterocycles. The highest BCUT2D eigenvalue weighted by atomic mass is 16.6. The summed E-state index contributed by atoms with van der Waals surface area (Å²) < 4.78 is 13.2. The van der Waals surface area contributed by atoms with E-state index in [1.54, 1.807) is 30.0 Å². The predicted molar refractivity (Wildman–Crippen MR) is 132 cm³/mol. The van der Waals surface area contributed by atoms with Crippen LogP contribution in [0, 0.1) is 10.1 Å². The van der Waals surface area contributed by atoms with Gasteiger partial charge in [0.1, 0.15) is 17.0 Å². The van der Waals surface area contributed by atoms with E-state index in [1.165, 1.54) is 12.1 Å².